The van der Waals surface area contributed by atoms with Gasteiger partial charge in [0.2, 0.25) is 5.91 Å². The van der Waals surface area contributed by atoms with Gasteiger partial charge in [-0.25, -0.2) is 4.79 Å². The van der Waals surface area contributed by atoms with Crippen LogP contribution in [-0.2, 0) is 9.59 Å². The minimum absolute atomic E-state index is 0.161. The van der Waals surface area contributed by atoms with Gasteiger partial charge in [0.15, 0.2) is 0 Å². The van der Waals surface area contributed by atoms with Gasteiger partial charge in [-0.15, -0.1) is 0 Å². The van der Waals surface area contributed by atoms with Crippen LogP contribution in [0.1, 0.15) is 50.8 Å². The molecule has 1 saturated carbocycles. The van der Waals surface area contributed by atoms with E-state index in [-0.39, 0.29) is 30.3 Å². The second-order valence-corrected chi connectivity index (χ2v) is 7.39. The highest BCUT2D eigenvalue weighted by molar-refractivity contribution is 6.09. The molecule has 4 amide bonds. The maximum Gasteiger partial charge on any atom is 0.325 e. The average Bonchev–Trinajstić information content (AvgIpc) is 3.48. The van der Waals surface area contributed by atoms with Crippen molar-refractivity contribution in [2.24, 2.45) is 5.92 Å². The minimum atomic E-state index is -0.882. The molecule has 0 spiro atoms. The highest BCUT2D eigenvalue weighted by Gasteiger charge is 2.56. The molecule has 3 rings (SSSR count). The number of hydrogen-bond acceptors (Lipinski definition) is 4. The fourth-order valence-electron chi connectivity index (χ4n) is 3.71. The number of likely N-dealkylation sites (N-methyl/N-ethyl adjacent to an activating group) is 1. The number of urea groups is 1. The molecule has 1 aliphatic carbocycles. The molecule has 142 valence electrons. The third-order valence-electron chi connectivity index (χ3n) is 5.64. The van der Waals surface area contributed by atoms with Gasteiger partial charge in [0.1, 0.15) is 12.1 Å². The predicted molar refractivity (Wildman–Crippen MR) is 98.3 cm³/mol. The van der Waals surface area contributed by atoms with E-state index in [1.54, 1.807) is 24.0 Å². The molecule has 7 nitrogen and oxygen atoms in total. The fraction of sp³-hybridized carbons (Fsp3) is 0.500. The maximum absolute atomic E-state index is 12.9. The van der Waals surface area contributed by atoms with Crippen LogP contribution in [0, 0.1) is 17.2 Å². The van der Waals surface area contributed by atoms with Crippen LogP contribution in [0.3, 0.4) is 0 Å². The smallest absolute Gasteiger partial charge is 0.325 e. The van der Waals surface area contributed by atoms with Crippen molar-refractivity contribution in [1.29, 1.82) is 5.26 Å². The number of carbonyl (C=O) groups excluding carboxylic acids is 3. The van der Waals surface area contributed by atoms with E-state index in [4.69, 9.17) is 5.26 Å². The number of amides is 4. The van der Waals surface area contributed by atoms with Crippen LogP contribution >= 0.6 is 0 Å². The van der Waals surface area contributed by atoms with Gasteiger partial charge in [-0.2, -0.15) is 5.26 Å². The molecule has 2 atom stereocenters. The third-order valence-corrected chi connectivity index (χ3v) is 5.64. The van der Waals surface area contributed by atoms with Crippen LogP contribution in [0.5, 0.6) is 0 Å². The monoisotopic (exact) mass is 368 g/mol. The zero-order valence-corrected chi connectivity index (χ0v) is 15.9. The molecule has 1 N–H and O–H groups in total. The number of rotatable bonds is 6. The standard InChI is InChI=1S/C20H24N4O3/c1-4-23(13(2)15-7-5-14(11-21)6-8-15)17(25)12-24-18(26)20(3,16-9-10-16)22-19(24)27/h5-8,13,16H,4,9-10,12H2,1-3H3,(H,22,27). The Bertz CT molecular complexity index is 810. The average molecular weight is 368 g/mol. The summed E-state index contributed by atoms with van der Waals surface area (Å²) in [5, 5.41) is 11.7. The van der Waals surface area contributed by atoms with Crippen molar-refractivity contribution >= 4 is 17.8 Å². The number of imide groups is 1. The summed E-state index contributed by atoms with van der Waals surface area (Å²) in [4.78, 5) is 40.5. The van der Waals surface area contributed by atoms with Gasteiger partial charge in [-0.3, -0.25) is 14.5 Å². The minimum Gasteiger partial charge on any atom is -0.335 e. The van der Waals surface area contributed by atoms with E-state index < -0.39 is 11.6 Å². The summed E-state index contributed by atoms with van der Waals surface area (Å²) in [7, 11) is 0. The van der Waals surface area contributed by atoms with Gasteiger partial charge in [0.05, 0.1) is 17.7 Å². The first kappa shape index (κ1) is 18.9. The van der Waals surface area contributed by atoms with Crippen molar-refractivity contribution in [2.75, 3.05) is 13.1 Å². The molecule has 0 bridgehead atoms. The second kappa shape index (κ2) is 7.03. The molecule has 27 heavy (non-hydrogen) atoms. The SMILES string of the molecule is CCN(C(=O)CN1C(=O)NC(C)(C2CC2)C1=O)C(C)c1ccc(C#N)cc1. The lowest BCUT2D eigenvalue weighted by atomic mass is 9.96. The number of carbonyl (C=O) groups is 3. The summed E-state index contributed by atoms with van der Waals surface area (Å²) >= 11 is 0. The molecule has 1 saturated heterocycles. The number of nitrogens with one attached hydrogen (secondary N) is 1. The molecule has 2 aliphatic rings. The Kier molecular flexibility index (Phi) is 4.92. The van der Waals surface area contributed by atoms with E-state index in [0.717, 1.165) is 23.3 Å². The lowest BCUT2D eigenvalue weighted by Crippen LogP contribution is -2.47. The van der Waals surface area contributed by atoms with Crippen LogP contribution in [0.25, 0.3) is 0 Å². The van der Waals surface area contributed by atoms with Crippen LogP contribution in [0.2, 0.25) is 0 Å². The topological polar surface area (TPSA) is 93.5 Å². The normalized spacial score (nSPS) is 23.0. The van der Waals surface area contributed by atoms with Gasteiger partial charge < -0.3 is 10.2 Å². The van der Waals surface area contributed by atoms with Gasteiger partial charge in [-0.1, -0.05) is 12.1 Å². The summed E-state index contributed by atoms with van der Waals surface area (Å²) in [6.45, 7) is 5.68. The molecule has 1 heterocycles. The van der Waals surface area contributed by atoms with Gasteiger partial charge >= 0.3 is 6.03 Å². The summed E-state index contributed by atoms with van der Waals surface area (Å²) in [5.74, 6) is -0.433. The number of benzene rings is 1. The van der Waals surface area contributed by atoms with Crippen LogP contribution in [0.15, 0.2) is 24.3 Å². The largest absolute Gasteiger partial charge is 0.335 e. The lowest BCUT2D eigenvalue weighted by molar-refractivity contribution is -0.140. The summed E-state index contributed by atoms with van der Waals surface area (Å²) in [6, 6.07) is 8.40. The summed E-state index contributed by atoms with van der Waals surface area (Å²) in [5.41, 5.74) is 0.566. The molecule has 0 aromatic heterocycles. The molecular formula is C20H24N4O3. The quantitative estimate of drug-likeness (QED) is 0.779. The van der Waals surface area contributed by atoms with Gasteiger partial charge in [0, 0.05) is 6.54 Å². The van der Waals surface area contributed by atoms with Gasteiger partial charge in [0.25, 0.3) is 5.91 Å². The zero-order chi connectivity index (χ0) is 19.8. The van der Waals surface area contributed by atoms with Crippen LogP contribution in [-0.4, -0.2) is 46.3 Å². The molecule has 1 aromatic rings. The number of nitrogens with zero attached hydrogens (tertiary/aromatic N) is 3. The van der Waals surface area contributed by atoms with Crippen molar-refractivity contribution < 1.29 is 14.4 Å². The Labute approximate surface area is 158 Å². The van der Waals surface area contributed by atoms with Crippen molar-refractivity contribution in [3.8, 4) is 6.07 Å². The molecular weight excluding hydrogens is 344 g/mol. The Morgan fingerprint density at radius 1 is 1.37 bits per heavy atom. The molecule has 2 unspecified atom stereocenters. The Hall–Kier alpha value is -2.88. The summed E-state index contributed by atoms with van der Waals surface area (Å²) < 4.78 is 0. The molecule has 0 radical (unpaired) electrons. The highest BCUT2D eigenvalue weighted by Crippen LogP contribution is 2.42. The van der Waals surface area contributed by atoms with E-state index in [0.29, 0.717) is 12.1 Å². The first-order valence-corrected chi connectivity index (χ1v) is 9.25. The third kappa shape index (κ3) is 3.39. The molecule has 1 aliphatic heterocycles. The van der Waals surface area contributed by atoms with E-state index >= 15 is 0 Å². The van der Waals surface area contributed by atoms with Crippen molar-refractivity contribution in [3.63, 3.8) is 0 Å². The number of nitriles is 1. The fourth-order valence-corrected chi connectivity index (χ4v) is 3.71. The van der Waals surface area contributed by atoms with Crippen molar-refractivity contribution in [1.82, 2.24) is 15.1 Å². The summed E-state index contributed by atoms with van der Waals surface area (Å²) in [6.07, 6.45) is 1.84. The zero-order valence-electron chi connectivity index (χ0n) is 15.9. The lowest BCUT2D eigenvalue weighted by Gasteiger charge is -2.30. The first-order valence-electron chi connectivity index (χ1n) is 9.25. The van der Waals surface area contributed by atoms with Crippen molar-refractivity contribution in [3.05, 3.63) is 35.4 Å². The van der Waals surface area contributed by atoms with Crippen LogP contribution in [0.4, 0.5) is 4.79 Å². The van der Waals surface area contributed by atoms with E-state index in [1.807, 2.05) is 26.0 Å². The maximum atomic E-state index is 12.9. The Morgan fingerprint density at radius 3 is 2.52 bits per heavy atom. The second-order valence-electron chi connectivity index (χ2n) is 7.39. The molecule has 7 heteroatoms. The first-order chi connectivity index (χ1) is 12.8. The number of hydrogen-bond donors (Lipinski definition) is 1. The van der Waals surface area contributed by atoms with E-state index in [1.165, 1.54) is 0 Å². The molecule has 2 fully saturated rings. The Morgan fingerprint density at radius 2 is 2.00 bits per heavy atom. The van der Waals surface area contributed by atoms with Crippen LogP contribution < -0.4 is 5.32 Å². The van der Waals surface area contributed by atoms with E-state index in [9.17, 15) is 14.4 Å². The van der Waals surface area contributed by atoms with E-state index in [2.05, 4.69) is 11.4 Å². The highest BCUT2D eigenvalue weighted by atomic mass is 16.2. The molecule has 1 aromatic carbocycles. The predicted octanol–water partition coefficient (Wildman–Crippen LogP) is 2.19. The van der Waals surface area contributed by atoms with Crippen molar-refractivity contribution in [2.45, 2.75) is 45.2 Å². The van der Waals surface area contributed by atoms with Gasteiger partial charge in [-0.05, 0) is 57.2 Å². The Balaban J connectivity index is 1.72.